The Kier molecular flexibility index (Phi) is 4.80. The summed E-state index contributed by atoms with van der Waals surface area (Å²) >= 11 is 1.77. The monoisotopic (exact) mass is 452 g/mol. The molecule has 3 unspecified atom stereocenters. The molecule has 31 heavy (non-hydrogen) atoms. The Balaban J connectivity index is 1.21. The molecule has 3 aromatic carbocycles. The molecule has 7 heteroatoms. The zero-order chi connectivity index (χ0) is 20.8. The highest BCUT2D eigenvalue weighted by atomic mass is 32.2. The second kappa shape index (κ2) is 7.80. The standard InChI is InChI=1S/C24H20O5S2/c25-31-10-9-26-20-11-15(6-8-24(20)31)22-14-30-23-12-16(5-7-19(23)29-22)21-13-27-17-3-1-2-4-18(17)28-21/h1-8,11-12,21-22H,9-10,13-14H2. The van der Waals surface area contributed by atoms with E-state index in [0.29, 0.717) is 24.7 Å². The van der Waals surface area contributed by atoms with Crippen LogP contribution in [-0.2, 0) is 10.8 Å². The largest absolute Gasteiger partial charge is 0.491 e. The van der Waals surface area contributed by atoms with Gasteiger partial charge >= 0.3 is 0 Å². The molecule has 6 rings (SSSR count). The van der Waals surface area contributed by atoms with Crippen LogP contribution in [0.4, 0.5) is 0 Å². The lowest BCUT2D eigenvalue weighted by molar-refractivity contribution is 0.0910. The first-order valence-electron chi connectivity index (χ1n) is 10.2. The summed E-state index contributed by atoms with van der Waals surface area (Å²) in [5.74, 6) is 4.49. The molecule has 0 N–H and O–H groups in total. The van der Waals surface area contributed by atoms with Crippen LogP contribution in [-0.4, -0.2) is 28.9 Å². The van der Waals surface area contributed by atoms with Crippen LogP contribution in [0.2, 0.25) is 0 Å². The van der Waals surface area contributed by atoms with Gasteiger partial charge in [0.05, 0.1) is 21.4 Å². The number of fused-ring (bicyclic) bond motifs is 3. The van der Waals surface area contributed by atoms with Gasteiger partial charge in [-0.05, 0) is 47.5 Å². The third-order valence-corrected chi connectivity index (χ3v) is 8.08. The third kappa shape index (κ3) is 3.55. The van der Waals surface area contributed by atoms with E-state index in [1.807, 2.05) is 54.6 Å². The summed E-state index contributed by atoms with van der Waals surface area (Å²) in [5.41, 5.74) is 2.12. The molecule has 0 saturated heterocycles. The average Bonchev–Trinajstić information content (AvgIpc) is 2.83. The van der Waals surface area contributed by atoms with Crippen LogP contribution in [0.3, 0.4) is 0 Å². The molecule has 0 radical (unpaired) electrons. The van der Waals surface area contributed by atoms with E-state index in [4.69, 9.17) is 18.9 Å². The Bertz CT molecular complexity index is 1180. The van der Waals surface area contributed by atoms with E-state index in [2.05, 4.69) is 6.07 Å². The maximum Gasteiger partial charge on any atom is 0.162 e. The van der Waals surface area contributed by atoms with Crippen molar-refractivity contribution in [3.63, 3.8) is 0 Å². The fourth-order valence-corrected chi connectivity index (χ4v) is 6.08. The van der Waals surface area contributed by atoms with Crippen LogP contribution in [0.25, 0.3) is 0 Å². The van der Waals surface area contributed by atoms with Gasteiger partial charge in [0.25, 0.3) is 0 Å². The summed E-state index contributed by atoms with van der Waals surface area (Å²) in [7, 11) is -0.977. The van der Waals surface area contributed by atoms with Crippen molar-refractivity contribution in [3.8, 4) is 23.0 Å². The molecule has 0 spiro atoms. The lowest BCUT2D eigenvalue weighted by atomic mass is 10.1. The summed E-state index contributed by atoms with van der Waals surface area (Å²) in [6.45, 7) is 0.979. The fourth-order valence-electron chi connectivity index (χ4n) is 4.00. The Morgan fingerprint density at radius 1 is 0.806 bits per heavy atom. The molecule has 0 bridgehead atoms. The average molecular weight is 453 g/mol. The van der Waals surface area contributed by atoms with Crippen molar-refractivity contribution in [1.29, 1.82) is 0 Å². The number of rotatable bonds is 2. The lowest BCUT2D eigenvalue weighted by Crippen LogP contribution is -2.22. The quantitative estimate of drug-likeness (QED) is 0.550. The summed E-state index contributed by atoms with van der Waals surface area (Å²) in [6, 6.07) is 19.8. The van der Waals surface area contributed by atoms with Crippen molar-refractivity contribution in [2.75, 3.05) is 24.7 Å². The molecule has 3 aliphatic heterocycles. The van der Waals surface area contributed by atoms with Gasteiger partial charge in [0.15, 0.2) is 17.6 Å². The fraction of sp³-hybridized carbons (Fsp3) is 0.250. The second-order valence-electron chi connectivity index (χ2n) is 7.59. The minimum absolute atomic E-state index is 0.0752. The Morgan fingerprint density at radius 3 is 2.55 bits per heavy atom. The molecule has 5 nitrogen and oxygen atoms in total. The maximum absolute atomic E-state index is 12.1. The first-order valence-corrected chi connectivity index (χ1v) is 12.5. The maximum atomic E-state index is 12.1. The van der Waals surface area contributed by atoms with Crippen molar-refractivity contribution < 1.29 is 23.2 Å². The highest BCUT2D eigenvalue weighted by Crippen LogP contribution is 2.44. The van der Waals surface area contributed by atoms with Crippen molar-refractivity contribution >= 4 is 22.6 Å². The minimum atomic E-state index is -0.977. The molecule has 3 aliphatic rings. The van der Waals surface area contributed by atoms with Crippen molar-refractivity contribution in [2.45, 2.75) is 22.0 Å². The lowest BCUT2D eigenvalue weighted by Gasteiger charge is -2.29. The van der Waals surface area contributed by atoms with Gasteiger partial charge in [-0.25, -0.2) is 0 Å². The van der Waals surface area contributed by atoms with Crippen LogP contribution in [0.1, 0.15) is 23.3 Å². The van der Waals surface area contributed by atoms with Crippen molar-refractivity contribution in [1.82, 2.24) is 0 Å². The minimum Gasteiger partial charge on any atom is -0.491 e. The molecule has 0 aromatic heterocycles. The summed E-state index contributed by atoms with van der Waals surface area (Å²) in [6.07, 6.45) is -0.217. The second-order valence-corrected chi connectivity index (χ2v) is 10.2. The third-order valence-electron chi connectivity index (χ3n) is 5.62. The Labute approximate surface area is 187 Å². The van der Waals surface area contributed by atoms with E-state index in [0.717, 1.165) is 43.9 Å². The molecule has 3 atom stereocenters. The molecule has 0 aliphatic carbocycles. The van der Waals surface area contributed by atoms with Crippen LogP contribution in [0, 0.1) is 0 Å². The SMILES string of the molecule is O=S1CCOc2cc(C3CSc4cc(C5COc6ccccc6O5)ccc4O3)ccc21. The van der Waals surface area contributed by atoms with E-state index >= 15 is 0 Å². The molecule has 3 aromatic rings. The van der Waals surface area contributed by atoms with E-state index < -0.39 is 10.8 Å². The Morgan fingerprint density at radius 2 is 1.61 bits per heavy atom. The highest BCUT2D eigenvalue weighted by Gasteiger charge is 2.27. The van der Waals surface area contributed by atoms with Gasteiger partial charge in [0.1, 0.15) is 30.8 Å². The van der Waals surface area contributed by atoms with E-state index in [9.17, 15) is 4.21 Å². The number of para-hydroxylation sites is 2. The van der Waals surface area contributed by atoms with Gasteiger partial charge < -0.3 is 18.9 Å². The van der Waals surface area contributed by atoms with Gasteiger partial charge in [-0.3, -0.25) is 4.21 Å². The van der Waals surface area contributed by atoms with E-state index in [-0.39, 0.29) is 12.2 Å². The van der Waals surface area contributed by atoms with Gasteiger partial charge in [-0.15, -0.1) is 11.8 Å². The molecular formula is C24H20O5S2. The molecule has 0 amide bonds. The number of thioether (sulfide) groups is 1. The predicted molar refractivity (Wildman–Crippen MR) is 119 cm³/mol. The summed E-state index contributed by atoms with van der Waals surface area (Å²) < 4.78 is 36.2. The van der Waals surface area contributed by atoms with Crippen LogP contribution >= 0.6 is 11.8 Å². The van der Waals surface area contributed by atoms with Crippen molar-refractivity contribution in [2.24, 2.45) is 0 Å². The van der Waals surface area contributed by atoms with Crippen molar-refractivity contribution in [3.05, 3.63) is 71.8 Å². The van der Waals surface area contributed by atoms with Gasteiger partial charge in [-0.2, -0.15) is 0 Å². The van der Waals surface area contributed by atoms with Gasteiger partial charge in [0.2, 0.25) is 0 Å². The smallest absolute Gasteiger partial charge is 0.162 e. The molecular weight excluding hydrogens is 432 g/mol. The predicted octanol–water partition coefficient (Wildman–Crippen LogP) is 4.92. The van der Waals surface area contributed by atoms with Crippen LogP contribution < -0.4 is 18.9 Å². The summed E-state index contributed by atoms with van der Waals surface area (Å²) in [5, 5.41) is 0. The van der Waals surface area contributed by atoms with E-state index in [1.54, 1.807) is 11.8 Å². The topological polar surface area (TPSA) is 54.0 Å². The number of hydrogen-bond acceptors (Lipinski definition) is 6. The molecule has 0 saturated carbocycles. The first-order chi connectivity index (χ1) is 15.2. The molecule has 3 heterocycles. The first kappa shape index (κ1) is 19.1. The summed E-state index contributed by atoms with van der Waals surface area (Å²) in [4.78, 5) is 1.88. The number of hydrogen-bond donors (Lipinski definition) is 0. The number of benzene rings is 3. The molecule has 0 fully saturated rings. The van der Waals surface area contributed by atoms with Crippen LogP contribution in [0.5, 0.6) is 23.0 Å². The van der Waals surface area contributed by atoms with Gasteiger partial charge in [0, 0.05) is 10.6 Å². The van der Waals surface area contributed by atoms with Crippen LogP contribution in [0.15, 0.2) is 70.5 Å². The van der Waals surface area contributed by atoms with E-state index in [1.165, 1.54) is 0 Å². The highest BCUT2D eigenvalue weighted by molar-refractivity contribution is 7.99. The zero-order valence-electron chi connectivity index (χ0n) is 16.6. The van der Waals surface area contributed by atoms with Gasteiger partial charge in [-0.1, -0.05) is 24.3 Å². The number of ether oxygens (including phenoxy) is 4. The molecule has 158 valence electrons. The zero-order valence-corrected chi connectivity index (χ0v) is 18.2. The normalized spacial score (nSPS) is 23.7. The Hall–Kier alpha value is -2.64.